The molecule has 118 valence electrons. The highest BCUT2D eigenvalue weighted by Crippen LogP contribution is 2.37. The lowest BCUT2D eigenvalue weighted by Crippen LogP contribution is -2.64. The molecule has 1 saturated heterocycles. The molecule has 1 aliphatic heterocycles. The summed E-state index contributed by atoms with van der Waals surface area (Å²) >= 11 is 0. The van der Waals surface area contributed by atoms with E-state index in [4.69, 9.17) is 4.74 Å². The SMILES string of the molecule is CCCCOCCN1CC(CCC)NCC12CCCC2. The monoisotopic (exact) mass is 282 g/mol. The van der Waals surface area contributed by atoms with Crippen LogP contribution in [0.25, 0.3) is 0 Å². The van der Waals surface area contributed by atoms with Crippen LogP contribution >= 0.6 is 0 Å². The van der Waals surface area contributed by atoms with Crippen LogP contribution in [0.4, 0.5) is 0 Å². The van der Waals surface area contributed by atoms with Crippen molar-refractivity contribution in [3.8, 4) is 0 Å². The predicted molar refractivity (Wildman–Crippen MR) is 85.2 cm³/mol. The molecular formula is C17H34N2O. The number of hydrogen-bond donors (Lipinski definition) is 1. The molecule has 1 aliphatic carbocycles. The van der Waals surface area contributed by atoms with E-state index in [9.17, 15) is 0 Å². The zero-order valence-electron chi connectivity index (χ0n) is 13.6. The van der Waals surface area contributed by atoms with E-state index in [2.05, 4.69) is 24.1 Å². The number of rotatable bonds is 8. The molecule has 0 amide bonds. The Balaban J connectivity index is 1.82. The second-order valence-electron chi connectivity index (χ2n) is 6.71. The molecule has 1 saturated carbocycles. The third-order valence-electron chi connectivity index (χ3n) is 5.15. The molecule has 1 atom stereocenters. The fourth-order valence-corrected chi connectivity index (χ4v) is 3.89. The van der Waals surface area contributed by atoms with Gasteiger partial charge in [0.25, 0.3) is 0 Å². The van der Waals surface area contributed by atoms with E-state index in [0.717, 1.165) is 19.8 Å². The molecule has 2 aliphatic rings. The number of nitrogens with zero attached hydrogens (tertiary/aromatic N) is 1. The van der Waals surface area contributed by atoms with Gasteiger partial charge in [0, 0.05) is 37.8 Å². The number of nitrogens with one attached hydrogen (secondary N) is 1. The highest BCUT2D eigenvalue weighted by atomic mass is 16.5. The van der Waals surface area contributed by atoms with E-state index in [0.29, 0.717) is 11.6 Å². The minimum Gasteiger partial charge on any atom is -0.380 e. The van der Waals surface area contributed by atoms with Crippen molar-refractivity contribution in [2.45, 2.75) is 76.8 Å². The lowest BCUT2D eigenvalue weighted by molar-refractivity contribution is 0.0111. The van der Waals surface area contributed by atoms with Crippen LogP contribution in [0, 0.1) is 0 Å². The maximum absolute atomic E-state index is 5.81. The minimum absolute atomic E-state index is 0.457. The maximum Gasteiger partial charge on any atom is 0.0593 e. The third-order valence-corrected chi connectivity index (χ3v) is 5.15. The molecular weight excluding hydrogens is 248 g/mol. The second-order valence-corrected chi connectivity index (χ2v) is 6.71. The molecule has 0 aromatic heterocycles. The standard InChI is InChI=1S/C17H34N2O/c1-3-5-12-20-13-11-19-14-16(8-4-2)18-15-17(19)9-6-7-10-17/h16,18H,3-15H2,1-2H3. The van der Waals surface area contributed by atoms with Crippen LogP contribution in [0.15, 0.2) is 0 Å². The van der Waals surface area contributed by atoms with Gasteiger partial charge in [-0.25, -0.2) is 0 Å². The normalized spacial score (nSPS) is 26.4. The molecule has 1 unspecified atom stereocenters. The van der Waals surface area contributed by atoms with Crippen LogP contribution in [0.3, 0.4) is 0 Å². The minimum atomic E-state index is 0.457. The molecule has 0 aromatic carbocycles. The lowest BCUT2D eigenvalue weighted by Gasteiger charge is -2.48. The van der Waals surface area contributed by atoms with Gasteiger partial charge in [-0.05, 0) is 25.7 Å². The molecule has 2 fully saturated rings. The zero-order valence-corrected chi connectivity index (χ0v) is 13.6. The zero-order chi connectivity index (χ0) is 14.3. The third kappa shape index (κ3) is 4.19. The Kier molecular flexibility index (Phi) is 6.79. The summed E-state index contributed by atoms with van der Waals surface area (Å²) in [6.45, 7) is 9.93. The highest BCUT2D eigenvalue weighted by molar-refractivity contribution is 5.01. The van der Waals surface area contributed by atoms with Gasteiger partial charge in [-0.1, -0.05) is 39.5 Å². The molecule has 0 aromatic rings. The number of piperazine rings is 1. The Morgan fingerprint density at radius 3 is 2.65 bits per heavy atom. The first kappa shape index (κ1) is 16.3. The quantitative estimate of drug-likeness (QED) is 0.692. The molecule has 0 radical (unpaired) electrons. The fraction of sp³-hybridized carbons (Fsp3) is 1.00. The fourth-order valence-electron chi connectivity index (χ4n) is 3.89. The average molecular weight is 282 g/mol. The van der Waals surface area contributed by atoms with Gasteiger partial charge in [0.1, 0.15) is 0 Å². The summed E-state index contributed by atoms with van der Waals surface area (Å²) < 4.78 is 5.81. The van der Waals surface area contributed by atoms with Crippen LogP contribution in [-0.2, 0) is 4.74 Å². The highest BCUT2D eigenvalue weighted by Gasteiger charge is 2.42. The maximum atomic E-state index is 5.81. The molecule has 3 heteroatoms. The van der Waals surface area contributed by atoms with E-state index < -0.39 is 0 Å². The van der Waals surface area contributed by atoms with Gasteiger partial charge < -0.3 is 10.1 Å². The topological polar surface area (TPSA) is 24.5 Å². The number of unbranched alkanes of at least 4 members (excludes halogenated alkanes) is 1. The Morgan fingerprint density at radius 2 is 1.95 bits per heavy atom. The molecule has 1 heterocycles. The Bertz CT molecular complexity index is 264. The van der Waals surface area contributed by atoms with E-state index >= 15 is 0 Å². The number of ether oxygens (including phenoxy) is 1. The van der Waals surface area contributed by atoms with Gasteiger partial charge in [0.2, 0.25) is 0 Å². The van der Waals surface area contributed by atoms with Crippen molar-refractivity contribution >= 4 is 0 Å². The van der Waals surface area contributed by atoms with Crippen molar-refractivity contribution in [1.29, 1.82) is 0 Å². The van der Waals surface area contributed by atoms with Crippen LogP contribution in [0.2, 0.25) is 0 Å². The molecule has 1 spiro atoms. The molecule has 0 bridgehead atoms. The van der Waals surface area contributed by atoms with Crippen LogP contribution in [0.1, 0.15) is 65.2 Å². The van der Waals surface area contributed by atoms with Gasteiger partial charge >= 0.3 is 0 Å². The summed E-state index contributed by atoms with van der Waals surface area (Å²) in [5.41, 5.74) is 0.457. The largest absolute Gasteiger partial charge is 0.380 e. The Hall–Kier alpha value is -0.120. The van der Waals surface area contributed by atoms with Gasteiger partial charge in [-0.2, -0.15) is 0 Å². The van der Waals surface area contributed by atoms with Gasteiger partial charge in [-0.15, -0.1) is 0 Å². The Morgan fingerprint density at radius 1 is 1.15 bits per heavy atom. The van der Waals surface area contributed by atoms with Crippen molar-refractivity contribution in [3.63, 3.8) is 0 Å². The summed E-state index contributed by atoms with van der Waals surface area (Å²) in [6.07, 6.45) is 10.6. The average Bonchev–Trinajstić information content (AvgIpc) is 2.92. The smallest absolute Gasteiger partial charge is 0.0593 e. The first-order valence-electron chi connectivity index (χ1n) is 8.87. The molecule has 20 heavy (non-hydrogen) atoms. The van der Waals surface area contributed by atoms with Crippen molar-refractivity contribution in [1.82, 2.24) is 10.2 Å². The van der Waals surface area contributed by atoms with Gasteiger partial charge in [-0.3, -0.25) is 4.90 Å². The van der Waals surface area contributed by atoms with E-state index in [-0.39, 0.29) is 0 Å². The molecule has 3 nitrogen and oxygen atoms in total. The van der Waals surface area contributed by atoms with Crippen molar-refractivity contribution in [2.24, 2.45) is 0 Å². The number of hydrogen-bond acceptors (Lipinski definition) is 3. The van der Waals surface area contributed by atoms with Crippen LogP contribution in [0.5, 0.6) is 0 Å². The van der Waals surface area contributed by atoms with Crippen molar-refractivity contribution < 1.29 is 4.74 Å². The summed E-state index contributed by atoms with van der Waals surface area (Å²) in [5.74, 6) is 0. The summed E-state index contributed by atoms with van der Waals surface area (Å²) in [5, 5.41) is 3.81. The van der Waals surface area contributed by atoms with Crippen LogP contribution < -0.4 is 5.32 Å². The summed E-state index contributed by atoms with van der Waals surface area (Å²) in [7, 11) is 0. The predicted octanol–water partition coefficient (Wildman–Crippen LogP) is 3.19. The molecule has 2 rings (SSSR count). The van der Waals surface area contributed by atoms with E-state index in [1.807, 2.05) is 0 Å². The van der Waals surface area contributed by atoms with Gasteiger partial charge in [0.15, 0.2) is 0 Å². The van der Waals surface area contributed by atoms with Gasteiger partial charge in [0.05, 0.1) is 6.61 Å². The van der Waals surface area contributed by atoms with Crippen molar-refractivity contribution in [2.75, 3.05) is 32.8 Å². The van der Waals surface area contributed by atoms with Crippen LogP contribution in [-0.4, -0.2) is 49.3 Å². The van der Waals surface area contributed by atoms with E-state index in [1.54, 1.807) is 0 Å². The summed E-state index contributed by atoms with van der Waals surface area (Å²) in [6, 6.07) is 0.696. The first-order valence-corrected chi connectivity index (χ1v) is 8.87. The lowest BCUT2D eigenvalue weighted by atomic mass is 9.90. The van der Waals surface area contributed by atoms with E-state index in [1.165, 1.54) is 64.5 Å². The van der Waals surface area contributed by atoms with Crippen molar-refractivity contribution in [3.05, 3.63) is 0 Å². The molecule has 1 N–H and O–H groups in total. The second kappa shape index (κ2) is 8.35. The Labute approximate surface area is 125 Å². The first-order chi connectivity index (χ1) is 9.80. The summed E-state index contributed by atoms with van der Waals surface area (Å²) in [4.78, 5) is 2.77.